The van der Waals surface area contributed by atoms with E-state index in [0.717, 1.165) is 5.56 Å². The van der Waals surface area contributed by atoms with Crippen molar-refractivity contribution in [2.24, 2.45) is 0 Å². The number of halogens is 1. The highest BCUT2D eigenvalue weighted by Crippen LogP contribution is 2.29. The maximum absolute atomic E-state index is 12.1. The molecule has 0 saturated carbocycles. The van der Waals surface area contributed by atoms with Crippen LogP contribution in [0.25, 0.3) is 0 Å². The summed E-state index contributed by atoms with van der Waals surface area (Å²) in [6.07, 6.45) is 2.62. The summed E-state index contributed by atoms with van der Waals surface area (Å²) in [5.41, 5.74) is 0.137. The van der Waals surface area contributed by atoms with Crippen molar-refractivity contribution in [3.8, 4) is 0 Å². The summed E-state index contributed by atoms with van der Waals surface area (Å²) in [4.78, 5) is 24.4. The molecule has 0 radical (unpaired) electrons. The SMILES string of the molecule is CC(C)(C)OC(=O)N1C=C[C@@H](c2ccc(Cl)cc2)[C@H]([N+](=O)[O-])C1. The second-order valence-electron chi connectivity index (χ2n) is 6.40. The van der Waals surface area contributed by atoms with Gasteiger partial charge < -0.3 is 4.74 Å². The van der Waals surface area contributed by atoms with Gasteiger partial charge in [0.15, 0.2) is 0 Å². The molecular formula is C16H19ClN2O4. The average Bonchev–Trinajstić information content (AvgIpc) is 2.45. The quantitative estimate of drug-likeness (QED) is 0.606. The molecule has 124 valence electrons. The summed E-state index contributed by atoms with van der Waals surface area (Å²) in [5, 5.41) is 12.0. The lowest BCUT2D eigenvalue weighted by molar-refractivity contribution is -0.525. The summed E-state index contributed by atoms with van der Waals surface area (Å²) < 4.78 is 5.26. The van der Waals surface area contributed by atoms with Gasteiger partial charge in [-0.1, -0.05) is 29.8 Å². The largest absolute Gasteiger partial charge is 0.443 e. The molecule has 0 bridgehead atoms. The summed E-state index contributed by atoms with van der Waals surface area (Å²) >= 11 is 5.85. The Bertz CT molecular complexity index is 622. The predicted molar refractivity (Wildman–Crippen MR) is 87.1 cm³/mol. The molecule has 23 heavy (non-hydrogen) atoms. The molecule has 0 unspecified atom stereocenters. The second-order valence-corrected chi connectivity index (χ2v) is 6.84. The van der Waals surface area contributed by atoms with Crippen LogP contribution in [0.4, 0.5) is 4.79 Å². The van der Waals surface area contributed by atoms with Crippen LogP contribution >= 0.6 is 11.6 Å². The van der Waals surface area contributed by atoms with Crippen molar-refractivity contribution < 1.29 is 14.5 Å². The molecule has 2 rings (SSSR count). The topological polar surface area (TPSA) is 72.7 Å². The lowest BCUT2D eigenvalue weighted by Crippen LogP contribution is -2.45. The molecule has 2 atom stereocenters. The van der Waals surface area contributed by atoms with E-state index < -0.39 is 23.7 Å². The Morgan fingerprint density at radius 3 is 2.48 bits per heavy atom. The van der Waals surface area contributed by atoms with Crippen LogP contribution in [0.2, 0.25) is 5.02 Å². The van der Waals surface area contributed by atoms with Gasteiger partial charge >= 0.3 is 6.09 Å². The van der Waals surface area contributed by atoms with Crippen LogP contribution in [0.5, 0.6) is 0 Å². The Hall–Kier alpha value is -2.08. The Balaban J connectivity index is 2.23. The lowest BCUT2D eigenvalue weighted by atomic mass is 9.89. The smallest absolute Gasteiger partial charge is 0.414 e. The number of ether oxygens (including phenoxy) is 1. The maximum atomic E-state index is 12.1. The van der Waals surface area contributed by atoms with Gasteiger partial charge in [0, 0.05) is 16.1 Å². The lowest BCUT2D eigenvalue weighted by Gasteiger charge is -2.30. The molecule has 6 nitrogen and oxygen atoms in total. The van der Waals surface area contributed by atoms with E-state index in [9.17, 15) is 14.9 Å². The van der Waals surface area contributed by atoms with Gasteiger partial charge in [-0.25, -0.2) is 4.79 Å². The van der Waals surface area contributed by atoms with E-state index in [-0.39, 0.29) is 11.5 Å². The number of amides is 1. The summed E-state index contributed by atoms with van der Waals surface area (Å²) in [6, 6.07) is 5.98. The van der Waals surface area contributed by atoms with Crippen LogP contribution in [0, 0.1) is 10.1 Å². The van der Waals surface area contributed by atoms with Gasteiger partial charge in [0.1, 0.15) is 5.60 Å². The number of carbonyl (C=O) groups excluding carboxylic acids is 1. The van der Waals surface area contributed by atoms with E-state index in [0.29, 0.717) is 5.02 Å². The Morgan fingerprint density at radius 2 is 1.96 bits per heavy atom. The minimum absolute atomic E-state index is 0.0360. The molecule has 0 N–H and O–H groups in total. The first-order valence-corrected chi connectivity index (χ1v) is 7.62. The van der Waals surface area contributed by atoms with Crippen molar-refractivity contribution in [3.63, 3.8) is 0 Å². The average molecular weight is 339 g/mol. The molecule has 0 fully saturated rings. The number of hydrogen-bond acceptors (Lipinski definition) is 4. The van der Waals surface area contributed by atoms with Crippen molar-refractivity contribution in [1.82, 2.24) is 4.90 Å². The number of carbonyl (C=O) groups is 1. The minimum atomic E-state index is -0.936. The monoisotopic (exact) mass is 338 g/mol. The zero-order valence-electron chi connectivity index (χ0n) is 13.2. The van der Waals surface area contributed by atoms with E-state index in [4.69, 9.17) is 16.3 Å². The van der Waals surface area contributed by atoms with Crippen LogP contribution in [-0.4, -0.2) is 34.1 Å². The number of benzene rings is 1. The van der Waals surface area contributed by atoms with Crippen molar-refractivity contribution in [2.45, 2.75) is 38.3 Å². The van der Waals surface area contributed by atoms with Crippen molar-refractivity contribution in [1.29, 1.82) is 0 Å². The standard InChI is InChI=1S/C16H19ClN2O4/c1-16(2,3)23-15(20)18-9-8-13(14(10-18)19(21)22)11-4-6-12(17)7-5-11/h4-9,13-14H,10H2,1-3H3/t13-,14+/m0/s1. The fourth-order valence-corrected chi connectivity index (χ4v) is 2.50. The zero-order valence-corrected chi connectivity index (χ0v) is 14.0. The van der Waals surface area contributed by atoms with E-state index >= 15 is 0 Å². The summed E-state index contributed by atoms with van der Waals surface area (Å²) in [5.74, 6) is -0.416. The van der Waals surface area contributed by atoms with Crippen LogP contribution in [0.1, 0.15) is 32.3 Å². The van der Waals surface area contributed by atoms with E-state index in [1.54, 1.807) is 57.3 Å². The molecule has 0 aliphatic carbocycles. The molecule has 0 saturated heterocycles. The van der Waals surface area contributed by atoms with Gasteiger partial charge in [0.25, 0.3) is 0 Å². The van der Waals surface area contributed by atoms with E-state index in [1.807, 2.05) is 0 Å². The first-order chi connectivity index (χ1) is 10.7. The number of rotatable bonds is 2. The third kappa shape index (κ3) is 4.45. The minimum Gasteiger partial charge on any atom is -0.443 e. The van der Waals surface area contributed by atoms with Crippen molar-refractivity contribution in [3.05, 3.63) is 57.2 Å². The van der Waals surface area contributed by atoms with Gasteiger partial charge in [0.05, 0.1) is 12.5 Å². The molecule has 1 amide bonds. The fraction of sp³-hybridized carbons (Fsp3) is 0.438. The first-order valence-electron chi connectivity index (χ1n) is 7.24. The highest BCUT2D eigenvalue weighted by molar-refractivity contribution is 6.30. The Kier molecular flexibility index (Phi) is 4.94. The molecule has 7 heteroatoms. The molecule has 1 aromatic rings. The number of nitrogens with zero attached hydrogens (tertiary/aromatic N) is 2. The van der Waals surface area contributed by atoms with Gasteiger partial charge in [-0.2, -0.15) is 0 Å². The normalized spacial score (nSPS) is 21.1. The van der Waals surface area contributed by atoms with Crippen LogP contribution < -0.4 is 0 Å². The molecule has 1 aliphatic heterocycles. The van der Waals surface area contributed by atoms with Crippen LogP contribution in [-0.2, 0) is 4.74 Å². The second kappa shape index (κ2) is 6.58. The van der Waals surface area contributed by atoms with Gasteiger partial charge in [0.2, 0.25) is 6.04 Å². The Labute approximate surface area is 139 Å². The Morgan fingerprint density at radius 1 is 1.35 bits per heavy atom. The molecule has 0 aromatic heterocycles. The van der Waals surface area contributed by atoms with Gasteiger partial charge in [-0.15, -0.1) is 0 Å². The molecule has 1 aliphatic rings. The fourth-order valence-electron chi connectivity index (χ4n) is 2.37. The van der Waals surface area contributed by atoms with Gasteiger partial charge in [-0.3, -0.25) is 15.0 Å². The highest BCUT2D eigenvalue weighted by atomic mass is 35.5. The number of nitro groups is 1. The molecular weight excluding hydrogens is 320 g/mol. The molecule has 1 aromatic carbocycles. The van der Waals surface area contributed by atoms with E-state index in [1.165, 1.54) is 4.90 Å². The summed E-state index contributed by atoms with van der Waals surface area (Å²) in [7, 11) is 0. The predicted octanol–water partition coefficient (Wildman–Crippen LogP) is 3.83. The molecule has 1 heterocycles. The zero-order chi connectivity index (χ0) is 17.2. The van der Waals surface area contributed by atoms with Crippen molar-refractivity contribution in [2.75, 3.05) is 6.54 Å². The van der Waals surface area contributed by atoms with Crippen LogP contribution in [0.3, 0.4) is 0 Å². The number of hydrogen-bond donors (Lipinski definition) is 0. The first kappa shape index (κ1) is 17.3. The summed E-state index contributed by atoms with van der Waals surface area (Å²) in [6.45, 7) is 5.21. The third-order valence-electron chi connectivity index (χ3n) is 3.43. The maximum Gasteiger partial charge on any atom is 0.414 e. The molecule has 0 spiro atoms. The highest BCUT2D eigenvalue weighted by Gasteiger charge is 2.38. The van der Waals surface area contributed by atoms with Crippen LogP contribution in [0.15, 0.2) is 36.5 Å². The van der Waals surface area contributed by atoms with Crippen molar-refractivity contribution >= 4 is 17.7 Å². The third-order valence-corrected chi connectivity index (χ3v) is 3.68. The van der Waals surface area contributed by atoms with Gasteiger partial charge in [-0.05, 0) is 38.5 Å². The van der Waals surface area contributed by atoms with E-state index in [2.05, 4.69) is 0 Å².